The van der Waals surface area contributed by atoms with Crippen molar-refractivity contribution in [2.24, 2.45) is 0 Å². The lowest BCUT2D eigenvalue weighted by atomic mass is 10.2. The van der Waals surface area contributed by atoms with Crippen molar-refractivity contribution in [2.45, 2.75) is 108 Å². The van der Waals surface area contributed by atoms with Crippen molar-refractivity contribution in [3.8, 4) is 34.8 Å². The first-order chi connectivity index (χ1) is 35.7. The molecule has 2 atom stereocenters. The average molecular weight is 1050 g/mol. The highest BCUT2D eigenvalue weighted by atomic mass is 32.2. The Balaban J connectivity index is 0.874. The molecule has 3 fully saturated rings. The van der Waals surface area contributed by atoms with Crippen molar-refractivity contribution in [3.63, 3.8) is 0 Å². The Morgan fingerprint density at radius 2 is 1.30 bits per heavy atom. The van der Waals surface area contributed by atoms with Crippen LogP contribution in [0.15, 0.2) is 73.8 Å². The normalized spacial score (nSPS) is 16.9. The van der Waals surface area contributed by atoms with E-state index in [1.807, 2.05) is 36.8 Å². The van der Waals surface area contributed by atoms with Gasteiger partial charge in [-0.05, 0) is 84.8 Å². The summed E-state index contributed by atoms with van der Waals surface area (Å²) < 4.78 is 81.5. The zero-order chi connectivity index (χ0) is 51.3. The summed E-state index contributed by atoms with van der Waals surface area (Å²) in [5.74, 6) is 1.77. The van der Waals surface area contributed by atoms with Crippen LogP contribution in [0.25, 0.3) is 44.8 Å². The second kappa shape index (κ2) is 19.9. The first-order valence-electron chi connectivity index (χ1n) is 24.5. The van der Waals surface area contributed by atoms with Crippen LogP contribution in [0.4, 0.5) is 23.3 Å². The topological polar surface area (TPSA) is 289 Å². The molecule has 0 bridgehead atoms. The number of nitrogens with one attached hydrogen (secondary N) is 1. The molecule has 1 saturated heterocycles. The van der Waals surface area contributed by atoms with Gasteiger partial charge >= 0.3 is 0 Å². The van der Waals surface area contributed by atoms with Gasteiger partial charge in [0.1, 0.15) is 47.5 Å². The number of aromatic nitrogens is 14. The van der Waals surface area contributed by atoms with Crippen LogP contribution < -0.4 is 19.7 Å². The van der Waals surface area contributed by atoms with Crippen LogP contribution in [0.2, 0.25) is 0 Å². The molecule has 9 heterocycles. The van der Waals surface area contributed by atoms with Crippen molar-refractivity contribution in [1.29, 1.82) is 0 Å². The Morgan fingerprint density at radius 1 is 0.689 bits per heavy atom. The first-order valence-corrected chi connectivity index (χ1v) is 27.5. The summed E-state index contributed by atoms with van der Waals surface area (Å²) in [6, 6.07) is 7.13. The largest absolute Gasteiger partial charge is 0.462 e. The molecule has 1 aliphatic heterocycles. The van der Waals surface area contributed by atoms with Gasteiger partial charge in [-0.3, -0.25) is 14.0 Å². The molecule has 25 nitrogen and oxygen atoms in total. The Bertz CT molecular complexity index is 3570. The molecular weight excluding hydrogens is 997 g/mol. The highest BCUT2D eigenvalue weighted by molar-refractivity contribution is 7.91. The van der Waals surface area contributed by atoms with Gasteiger partial charge in [-0.2, -0.15) is 28.3 Å². The Morgan fingerprint density at radius 3 is 1.92 bits per heavy atom. The summed E-state index contributed by atoms with van der Waals surface area (Å²) in [5, 5.41) is 22.9. The van der Waals surface area contributed by atoms with E-state index in [0.29, 0.717) is 89.7 Å². The number of nitrogens with zero attached hydrogens (tertiary/aromatic N) is 15. The number of hydrogen-bond donors (Lipinski definition) is 2. The lowest BCUT2D eigenvalue weighted by Gasteiger charge is -2.28. The maximum Gasteiger partial charge on any atom is 0.297 e. The molecule has 2 aliphatic carbocycles. The number of fused-ring (bicyclic) bond motifs is 2. The third kappa shape index (κ3) is 9.95. The van der Waals surface area contributed by atoms with Crippen LogP contribution in [0.1, 0.15) is 84.7 Å². The molecular formula is C47H54N16O9S2. The fourth-order valence-corrected chi connectivity index (χ4v) is 11.6. The van der Waals surface area contributed by atoms with Gasteiger partial charge < -0.3 is 29.4 Å². The quantitative estimate of drug-likeness (QED) is 0.0661. The molecule has 2 saturated carbocycles. The molecule has 0 spiro atoms. The summed E-state index contributed by atoms with van der Waals surface area (Å²) in [6.07, 6.45) is 15.4. The molecule has 0 amide bonds. The number of imidazole rings is 2. The van der Waals surface area contributed by atoms with Crippen LogP contribution in [-0.2, 0) is 29.5 Å². The highest BCUT2D eigenvalue weighted by Crippen LogP contribution is 2.35. The van der Waals surface area contributed by atoms with Crippen LogP contribution in [0, 0.1) is 0 Å². The fraction of sp³-hybridized carbons (Fsp3) is 0.447. The monoisotopic (exact) mass is 1050 g/mol. The summed E-state index contributed by atoms with van der Waals surface area (Å²) >= 11 is 0. The van der Waals surface area contributed by atoms with Crippen LogP contribution >= 0.6 is 0 Å². The van der Waals surface area contributed by atoms with Crippen LogP contribution in [0.3, 0.4) is 0 Å². The zero-order valence-electron chi connectivity index (χ0n) is 40.9. The Labute approximate surface area is 425 Å². The molecule has 11 rings (SSSR count). The van der Waals surface area contributed by atoms with E-state index >= 15 is 0 Å². The molecule has 74 heavy (non-hydrogen) atoms. The van der Waals surface area contributed by atoms with E-state index in [4.69, 9.17) is 38.9 Å². The lowest BCUT2D eigenvalue weighted by Crippen LogP contribution is -2.37. The minimum absolute atomic E-state index is 0.105. The van der Waals surface area contributed by atoms with Crippen molar-refractivity contribution < 1.29 is 40.9 Å². The third-order valence-electron chi connectivity index (χ3n) is 12.6. The van der Waals surface area contributed by atoms with E-state index in [0.717, 1.165) is 27.4 Å². The third-order valence-corrected chi connectivity index (χ3v) is 16.7. The summed E-state index contributed by atoms with van der Waals surface area (Å²) in [7, 11) is -7.22. The molecule has 388 valence electrons. The SMILES string of the molecule is CC(C)n1c(OCCOC2CCCCO2)nc2cnc(N(c3ccnc(-c4cnn(S(=O)(=O)C5CC5)c4)n3)C(O)COc3nc4cnc(Nc5ccnc(-c6cnn(S(=O)(=O)C7CC7)c6)n5)cc4n3C(C)C)cc21. The molecule has 27 heteroatoms. The number of hydrogen-bond acceptors (Lipinski definition) is 21. The predicted octanol–water partition coefficient (Wildman–Crippen LogP) is 5.53. The molecule has 2 unspecified atom stereocenters. The molecule has 0 radical (unpaired) electrons. The van der Waals surface area contributed by atoms with E-state index in [2.05, 4.69) is 35.5 Å². The zero-order valence-corrected chi connectivity index (χ0v) is 42.5. The maximum atomic E-state index is 13.0. The van der Waals surface area contributed by atoms with E-state index in [9.17, 15) is 21.9 Å². The van der Waals surface area contributed by atoms with Gasteiger partial charge in [0.25, 0.3) is 32.1 Å². The minimum atomic E-state index is -3.66. The number of aliphatic hydroxyl groups excluding tert-OH is 1. The molecule has 8 aromatic heterocycles. The number of ether oxygens (including phenoxy) is 4. The van der Waals surface area contributed by atoms with Crippen molar-refractivity contribution in [3.05, 3.63) is 73.8 Å². The first kappa shape index (κ1) is 49.0. The molecule has 3 aliphatic rings. The Hall–Kier alpha value is -7.20. The summed E-state index contributed by atoms with van der Waals surface area (Å²) in [6.45, 7) is 8.85. The maximum absolute atomic E-state index is 13.0. The van der Waals surface area contributed by atoms with E-state index in [1.165, 1.54) is 35.9 Å². The lowest BCUT2D eigenvalue weighted by molar-refractivity contribution is -0.165. The van der Waals surface area contributed by atoms with Crippen LogP contribution in [0.5, 0.6) is 12.0 Å². The molecule has 0 aromatic carbocycles. The second-order valence-electron chi connectivity index (χ2n) is 18.8. The van der Waals surface area contributed by atoms with Gasteiger partial charge in [-0.15, -0.1) is 0 Å². The number of rotatable bonds is 21. The van der Waals surface area contributed by atoms with Gasteiger partial charge in [0.2, 0.25) is 0 Å². The average Bonchev–Trinajstić information content (AvgIpc) is 4.25. The van der Waals surface area contributed by atoms with Crippen molar-refractivity contribution in [2.75, 3.05) is 36.6 Å². The van der Waals surface area contributed by atoms with E-state index in [1.54, 1.807) is 42.9 Å². The van der Waals surface area contributed by atoms with Gasteiger partial charge in [-0.25, -0.2) is 46.7 Å². The number of anilines is 4. The second-order valence-corrected chi connectivity index (χ2v) is 22.9. The minimum Gasteiger partial charge on any atom is -0.462 e. The smallest absolute Gasteiger partial charge is 0.297 e. The highest BCUT2D eigenvalue weighted by Gasteiger charge is 2.39. The van der Waals surface area contributed by atoms with E-state index < -0.39 is 36.8 Å². The fourth-order valence-electron chi connectivity index (χ4n) is 8.62. The van der Waals surface area contributed by atoms with Crippen molar-refractivity contribution >= 4 is 65.4 Å². The number of aliphatic hydroxyl groups is 1. The van der Waals surface area contributed by atoms with E-state index in [-0.39, 0.29) is 60.9 Å². The summed E-state index contributed by atoms with van der Waals surface area (Å²) in [4.78, 5) is 38.6. The van der Waals surface area contributed by atoms with Gasteiger partial charge in [0.15, 0.2) is 24.2 Å². The molecule has 2 N–H and O–H groups in total. The summed E-state index contributed by atoms with van der Waals surface area (Å²) in [5.41, 5.74) is 3.20. The number of pyridine rings is 2. The standard InChI is InChI=1S/C47H54N16O9S2/c1-28(2)61-36-19-39(56-38-12-14-48-44(57-38)30-21-52-59(25-30)73(65,66)32-8-9-32)50-23-34(36)55-47(61)72-27-42(64)63(40-13-15-49-45(58-40)31-22-53-60(26-31)74(67,68)33-10-11-33)41-20-37-35(24-51-41)54-46(62(37)29(3)4)71-18-17-70-43-7-5-6-16-69-43/h12-15,19-26,28-29,32-33,42-43,64H,5-11,16-18,27H2,1-4H3,(H,48,50,56,57). The van der Waals surface area contributed by atoms with Gasteiger partial charge in [-0.1, -0.05) is 0 Å². The van der Waals surface area contributed by atoms with Crippen molar-refractivity contribution in [1.82, 2.24) is 67.4 Å². The van der Waals surface area contributed by atoms with Gasteiger partial charge in [0, 0.05) is 43.2 Å². The predicted molar refractivity (Wildman–Crippen MR) is 269 cm³/mol. The molecule has 8 aromatic rings. The van der Waals surface area contributed by atoms with Gasteiger partial charge in [0.05, 0.1) is 76.4 Å². The Kier molecular flexibility index (Phi) is 13.2. The van der Waals surface area contributed by atoms with Crippen LogP contribution in [-0.4, -0.2) is 139 Å².